The number of nitrogens with one attached hydrogen (secondary N) is 1. The van der Waals surface area contributed by atoms with Gasteiger partial charge in [-0.25, -0.2) is 4.79 Å². The lowest BCUT2D eigenvalue weighted by molar-refractivity contribution is 0.00948. The van der Waals surface area contributed by atoms with Crippen molar-refractivity contribution in [3.63, 3.8) is 0 Å². The van der Waals surface area contributed by atoms with Crippen molar-refractivity contribution in [3.05, 3.63) is 22.4 Å². The first-order valence-electron chi connectivity index (χ1n) is 8.40. The smallest absolute Gasteiger partial charge is 0.317 e. The first-order valence-corrected chi connectivity index (χ1v) is 9.28. The number of carbonyl (C=O) groups excluding carboxylic acids is 1. The molecule has 1 aromatic heterocycles. The summed E-state index contributed by atoms with van der Waals surface area (Å²) in [7, 11) is 0. The number of urea groups is 1. The van der Waals surface area contributed by atoms with Crippen LogP contribution in [0.1, 0.15) is 43.4 Å². The Kier molecular flexibility index (Phi) is 5.37. The van der Waals surface area contributed by atoms with E-state index in [0.717, 1.165) is 38.5 Å². The Hall–Kier alpha value is -1.07. The summed E-state index contributed by atoms with van der Waals surface area (Å²) in [4.78, 5) is 15.5. The van der Waals surface area contributed by atoms with Gasteiger partial charge in [-0.2, -0.15) is 0 Å². The monoisotopic (exact) mass is 322 g/mol. The average molecular weight is 322 g/mol. The Morgan fingerprint density at radius 3 is 2.82 bits per heavy atom. The van der Waals surface area contributed by atoms with Crippen LogP contribution < -0.4 is 5.32 Å². The summed E-state index contributed by atoms with van der Waals surface area (Å²) in [6, 6.07) is 4.26. The highest BCUT2D eigenvalue weighted by Gasteiger charge is 2.26. The lowest BCUT2D eigenvalue weighted by Gasteiger charge is -2.32. The molecule has 1 N–H and O–H groups in total. The Labute approximate surface area is 136 Å². The molecular formula is C17H26N2O2S. The molecule has 0 aromatic carbocycles. The highest BCUT2D eigenvalue weighted by molar-refractivity contribution is 7.10. The summed E-state index contributed by atoms with van der Waals surface area (Å²) in [5.41, 5.74) is 0. The molecule has 0 spiro atoms. The fraction of sp³-hybridized carbons (Fsp3) is 0.706. The Bertz CT molecular complexity index is 465. The third kappa shape index (κ3) is 4.46. The molecule has 2 heterocycles. The molecule has 1 atom stereocenters. The molecule has 1 aliphatic carbocycles. The van der Waals surface area contributed by atoms with Crippen molar-refractivity contribution < 1.29 is 9.53 Å². The molecule has 0 bridgehead atoms. The zero-order valence-electron chi connectivity index (χ0n) is 13.3. The summed E-state index contributed by atoms with van der Waals surface area (Å²) in [6.45, 7) is 5.42. The Morgan fingerprint density at radius 2 is 2.18 bits per heavy atom. The van der Waals surface area contributed by atoms with Crippen LogP contribution in [-0.4, -0.2) is 43.3 Å². The first-order chi connectivity index (χ1) is 10.7. The van der Waals surface area contributed by atoms with Gasteiger partial charge < -0.3 is 15.0 Å². The predicted molar refractivity (Wildman–Crippen MR) is 89.4 cm³/mol. The van der Waals surface area contributed by atoms with E-state index in [9.17, 15) is 4.79 Å². The lowest BCUT2D eigenvalue weighted by Crippen LogP contribution is -2.46. The number of hydrogen-bond acceptors (Lipinski definition) is 3. The Morgan fingerprint density at radius 1 is 1.41 bits per heavy atom. The molecule has 3 rings (SSSR count). The molecule has 1 saturated heterocycles. The van der Waals surface area contributed by atoms with Crippen molar-refractivity contribution in [2.45, 2.75) is 44.6 Å². The lowest BCUT2D eigenvalue weighted by atomic mass is 10.1. The van der Waals surface area contributed by atoms with Gasteiger partial charge in [0.05, 0.1) is 6.10 Å². The number of amides is 2. The van der Waals surface area contributed by atoms with Crippen molar-refractivity contribution in [2.75, 3.05) is 26.2 Å². The van der Waals surface area contributed by atoms with Gasteiger partial charge in [0.2, 0.25) is 0 Å². The number of hydrogen-bond donors (Lipinski definition) is 1. The van der Waals surface area contributed by atoms with Gasteiger partial charge in [0.15, 0.2) is 0 Å². The van der Waals surface area contributed by atoms with E-state index >= 15 is 0 Å². The third-order valence-electron chi connectivity index (χ3n) is 4.58. The molecule has 22 heavy (non-hydrogen) atoms. The molecule has 0 unspecified atom stereocenters. The number of rotatable bonds is 6. The van der Waals surface area contributed by atoms with E-state index in [4.69, 9.17) is 4.74 Å². The van der Waals surface area contributed by atoms with Crippen LogP contribution in [0.5, 0.6) is 0 Å². The molecule has 122 valence electrons. The van der Waals surface area contributed by atoms with Crippen LogP contribution in [0.15, 0.2) is 17.5 Å². The van der Waals surface area contributed by atoms with Crippen LogP contribution in [0, 0.1) is 5.92 Å². The largest absolute Gasteiger partial charge is 0.378 e. The second-order valence-corrected chi connectivity index (χ2v) is 7.54. The van der Waals surface area contributed by atoms with Gasteiger partial charge in [-0.3, -0.25) is 0 Å². The molecule has 2 amide bonds. The predicted octanol–water partition coefficient (Wildman–Crippen LogP) is 3.45. The van der Waals surface area contributed by atoms with Crippen LogP contribution in [0.2, 0.25) is 0 Å². The van der Waals surface area contributed by atoms with Gasteiger partial charge in [-0.1, -0.05) is 13.0 Å². The molecular weight excluding hydrogens is 296 g/mol. The fourth-order valence-corrected chi connectivity index (χ4v) is 3.59. The number of likely N-dealkylation sites (tertiary alicyclic amines) is 1. The van der Waals surface area contributed by atoms with E-state index in [-0.39, 0.29) is 6.03 Å². The average Bonchev–Trinajstić information content (AvgIpc) is 3.22. The minimum absolute atomic E-state index is 0.0732. The minimum atomic E-state index is 0.0732. The van der Waals surface area contributed by atoms with E-state index in [1.807, 2.05) is 4.90 Å². The van der Waals surface area contributed by atoms with E-state index in [0.29, 0.717) is 18.6 Å². The second-order valence-electron chi connectivity index (χ2n) is 6.57. The molecule has 2 fully saturated rings. The summed E-state index contributed by atoms with van der Waals surface area (Å²) in [5, 5.41) is 5.15. The van der Waals surface area contributed by atoms with Crippen LogP contribution in [-0.2, 0) is 4.74 Å². The Balaban J connectivity index is 1.34. The quantitative estimate of drug-likeness (QED) is 0.871. The molecule has 2 aliphatic rings. The summed E-state index contributed by atoms with van der Waals surface area (Å²) in [6.07, 6.45) is 4.98. The van der Waals surface area contributed by atoms with E-state index < -0.39 is 0 Å². The van der Waals surface area contributed by atoms with Crippen molar-refractivity contribution in [1.29, 1.82) is 0 Å². The van der Waals surface area contributed by atoms with E-state index in [2.05, 4.69) is 29.8 Å². The fourth-order valence-electron chi connectivity index (χ4n) is 2.81. The van der Waals surface area contributed by atoms with Gasteiger partial charge >= 0.3 is 6.03 Å². The minimum Gasteiger partial charge on any atom is -0.378 e. The zero-order chi connectivity index (χ0) is 15.4. The molecule has 1 aromatic rings. The van der Waals surface area contributed by atoms with Crippen molar-refractivity contribution in [2.24, 2.45) is 5.92 Å². The van der Waals surface area contributed by atoms with Crippen LogP contribution >= 0.6 is 11.3 Å². The van der Waals surface area contributed by atoms with Gasteiger partial charge in [0.1, 0.15) is 0 Å². The van der Waals surface area contributed by atoms with Crippen LogP contribution in [0.4, 0.5) is 4.79 Å². The van der Waals surface area contributed by atoms with Crippen molar-refractivity contribution in [1.82, 2.24) is 10.2 Å². The summed E-state index contributed by atoms with van der Waals surface area (Å²) in [5.74, 6) is 1.20. The number of thiophene rings is 1. The number of ether oxygens (including phenoxy) is 1. The van der Waals surface area contributed by atoms with Crippen molar-refractivity contribution in [3.8, 4) is 0 Å². The normalized spacial score (nSPS) is 20.9. The van der Waals surface area contributed by atoms with E-state index in [1.54, 1.807) is 11.3 Å². The van der Waals surface area contributed by atoms with Gasteiger partial charge in [0.25, 0.3) is 0 Å². The number of carbonyl (C=O) groups is 1. The maximum Gasteiger partial charge on any atom is 0.317 e. The highest BCUT2D eigenvalue weighted by atomic mass is 32.1. The summed E-state index contributed by atoms with van der Waals surface area (Å²) < 4.78 is 5.93. The van der Waals surface area contributed by atoms with Gasteiger partial charge in [-0.05, 0) is 43.0 Å². The maximum absolute atomic E-state index is 12.2. The first kappa shape index (κ1) is 15.8. The highest BCUT2D eigenvalue weighted by Crippen LogP contribution is 2.30. The van der Waals surface area contributed by atoms with Crippen molar-refractivity contribution >= 4 is 17.4 Å². The second kappa shape index (κ2) is 7.47. The summed E-state index contributed by atoms with van der Waals surface area (Å²) >= 11 is 1.75. The topological polar surface area (TPSA) is 41.6 Å². The van der Waals surface area contributed by atoms with Gasteiger partial charge in [-0.15, -0.1) is 11.3 Å². The SMILES string of the molecule is C[C@@H](CNC(=O)N1CCC(OCC2CC2)CC1)c1cccs1. The molecule has 5 heteroatoms. The van der Waals surface area contributed by atoms with E-state index in [1.165, 1.54) is 17.7 Å². The third-order valence-corrected chi connectivity index (χ3v) is 5.69. The molecule has 1 saturated carbocycles. The van der Waals surface area contributed by atoms with Crippen LogP contribution in [0.3, 0.4) is 0 Å². The van der Waals surface area contributed by atoms with Gasteiger partial charge in [0, 0.05) is 37.0 Å². The molecule has 0 radical (unpaired) electrons. The number of piperidine rings is 1. The van der Waals surface area contributed by atoms with Crippen LogP contribution in [0.25, 0.3) is 0 Å². The maximum atomic E-state index is 12.2. The zero-order valence-corrected chi connectivity index (χ0v) is 14.1. The number of nitrogens with zero attached hydrogens (tertiary/aromatic N) is 1. The molecule has 4 nitrogen and oxygen atoms in total. The molecule has 1 aliphatic heterocycles. The standard InChI is InChI=1S/C17H26N2O2S/c1-13(16-3-2-10-22-16)11-18-17(20)19-8-6-15(7-9-19)21-12-14-4-5-14/h2-3,10,13-15H,4-9,11-12H2,1H3,(H,18,20)/t13-/m0/s1.